The SMILES string of the molecule is Cn1c(=O)c2c(SCC(=O)Nc3ccccc3C(F)(F)F)nc(-c3ccco3)nc2n(C)c1=O. The summed E-state index contributed by atoms with van der Waals surface area (Å²) in [6, 6.07) is 7.78. The molecule has 0 aliphatic rings. The molecule has 0 unspecified atom stereocenters. The van der Waals surface area contributed by atoms with E-state index in [9.17, 15) is 27.6 Å². The lowest BCUT2D eigenvalue weighted by atomic mass is 10.1. The zero-order chi connectivity index (χ0) is 24.6. The molecule has 0 aliphatic carbocycles. The highest BCUT2D eigenvalue weighted by molar-refractivity contribution is 8.00. The summed E-state index contributed by atoms with van der Waals surface area (Å²) in [6.07, 6.45) is -3.25. The Bertz CT molecular complexity index is 1510. The Balaban J connectivity index is 1.72. The van der Waals surface area contributed by atoms with Crippen molar-refractivity contribution in [3.63, 3.8) is 0 Å². The predicted octanol–water partition coefficient (Wildman–Crippen LogP) is 3.04. The van der Waals surface area contributed by atoms with Crippen LogP contribution in [0.3, 0.4) is 0 Å². The van der Waals surface area contributed by atoms with Crippen molar-refractivity contribution in [2.24, 2.45) is 14.1 Å². The van der Waals surface area contributed by atoms with Crippen LogP contribution < -0.4 is 16.6 Å². The van der Waals surface area contributed by atoms with E-state index in [1.165, 1.54) is 32.5 Å². The Hall–Kier alpha value is -3.87. The molecule has 4 aromatic rings. The highest BCUT2D eigenvalue weighted by Crippen LogP contribution is 2.34. The Morgan fingerprint density at radius 2 is 1.82 bits per heavy atom. The fourth-order valence-electron chi connectivity index (χ4n) is 3.21. The number of thioether (sulfide) groups is 1. The molecule has 0 radical (unpaired) electrons. The highest BCUT2D eigenvalue weighted by atomic mass is 32.2. The minimum atomic E-state index is -4.64. The fourth-order valence-corrected chi connectivity index (χ4v) is 4.02. The summed E-state index contributed by atoms with van der Waals surface area (Å²) in [5.41, 5.74) is -2.62. The average Bonchev–Trinajstić information content (AvgIpc) is 3.34. The lowest BCUT2D eigenvalue weighted by Crippen LogP contribution is -2.37. The smallest absolute Gasteiger partial charge is 0.418 e. The van der Waals surface area contributed by atoms with Crippen molar-refractivity contribution in [1.82, 2.24) is 19.1 Å². The van der Waals surface area contributed by atoms with Crippen LogP contribution in [0.1, 0.15) is 5.56 Å². The maximum absolute atomic E-state index is 13.2. The molecule has 1 N–H and O–H groups in total. The third-order valence-corrected chi connectivity index (χ3v) is 5.83. The molecule has 0 spiro atoms. The zero-order valence-electron chi connectivity index (χ0n) is 17.7. The number of furan rings is 1. The van der Waals surface area contributed by atoms with Crippen LogP contribution in [0, 0.1) is 0 Å². The lowest BCUT2D eigenvalue weighted by Gasteiger charge is -2.14. The molecule has 0 saturated carbocycles. The number of carbonyl (C=O) groups is 1. The molecule has 0 saturated heterocycles. The van der Waals surface area contributed by atoms with E-state index in [-0.39, 0.29) is 39.1 Å². The van der Waals surface area contributed by atoms with E-state index in [4.69, 9.17) is 4.42 Å². The quantitative estimate of drug-likeness (QED) is 0.337. The third kappa shape index (κ3) is 4.33. The van der Waals surface area contributed by atoms with Gasteiger partial charge in [-0.1, -0.05) is 23.9 Å². The number of rotatable bonds is 5. The Morgan fingerprint density at radius 1 is 1.09 bits per heavy atom. The Labute approximate surface area is 193 Å². The molecule has 0 aliphatic heterocycles. The standard InChI is InChI=1S/C21H16F3N5O4S/c1-28-17-15(19(31)29(2)20(28)32)18(27-16(26-17)13-8-5-9-33-13)34-10-14(30)25-12-7-4-3-6-11(12)21(22,23)24/h3-9H,10H2,1-2H3,(H,25,30). The summed E-state index contributed by atoms with van der Waals surface area (Å²) in [6.45, 7) is 0. The van der Waals surface area contributed by atoms with E-state index < -0.39 is 28.9 Å². The van der Waals surface area contributed by atoms with Crippen molar-refractivity contribution in [2.45, 2.75) is 11.2 Å². The molecule has 3 aromatic heterocycles. The van der Waals surface area contributed by atoms with E-state index in [1.54, 1.807) is 12.1 Å². The highest BCUT2D eigenvalue weighted by Gasteiger charge is 2.33. The first-order chi connectivity index (χ1) is 16.1. The normalized spacial score (nSPS) is 11.7. The number of para-hydroxylation sites is 1. The van der Waals surface area contributed by atoms with Crippen LogP contribution in [0.15, 0.2) is 61.7 Å². The number of aromatic nitrogens is 4. The molecule has 13 heteroatoms. The van der Waals surface area contributed by atoms with Crippen molar-refractivity contribution in [2.75, 3.05) is 11.1 Å². The summed E-state index contributed by atoms with van der Waals surface area (Å²) in [5.74, 6) is -0.761. The van der Waals surface area contributed by atoms with Crippen LogP contribution in [0.2, 0.25) is 0 Å². The van der Waals surface area contributed by atoms with Gasteiger partial charge in [-0.15, -0.1) is 0 Å². The van der Waals surface area contributed by atoms with Gasteiger partial charge in [-0.25, -0.2) is 14.8 Å². The van der Waals surface area contributed by atoms with Gasteiger partial charge in [0.15, 0.2) is 17.2 Å². The number of fused-ring (bicyclic) bond motifs is 1. The number of aryl methyl sites for hydroxylation is 1. The van der Waals surface area contributed by atoms with E-state index in [2.05, 4.69) is 15.3 Å². The monoisotopic (exact) mass is 491 g/mol. The summed E-state index contributed by atoms with van der Waals surface area (Å²) < 4.78 is 47.0. The first-order valence-corrected chi connectivity index (χ1v) is 10.7. The van der Waals surface area contributed by atoms with Crippen LogP contribution in [0.4, 0.5) is 18.9 Å². The zero-order valence-corrected chi connectivity index (χ0v) is 18.5. The first-order valence-electron chi connectivity index (χ1n) is 9.68. The van der Waals surface area contributed by atoms with E-state index >= 15 is 0 Å². The van der Waals surface area contributed by atoms with Gasteiger partial charge in [0.2, 0.25) is 5.91 Å². The molecule has 176 valence electrons. The Kier molecular flexibility index (Phi) is 6.04. The second-order valence-corrected chi connectivity index (χ2v) is 8.08. The molecule has 0 fully saturated rings. The number of nitrogens with zero attached hydrogens (tertiary/aromatic N) is 4. The number of benzene rings is 1. The lowest BCUT2D eigenvalue weighted by molar-refractivity contribution is -0.137. The predicted molar refractivity (Wildman–Crippen MR) is 119 cm³/mol. The van der Waals surface area contributed by atoms with Crippen molar-refractivity contribution in [3.8, 4) is 11.6 Å². The van der Waals surface area contributed by atoms with Gasteiger partial charge in [-0.2, -0.15) is 13.2 Å². The minimum absolute atomic E-state index is 0.00611. The summed E-state index contributed by atoms with van der Waals surface area (Å²) in [7, 11) is 2.72. The van der Waals surface area contributed by atoms with E-state index in [0.717, 1.165) is 33.0 Å². The van der Waals surface area contributed by atoms with Crippen molar-refractivity contribution in [3.05, 3.63) is 69.1 Å². The number of amides is 1. The van der Waals surface area contributed by atoms with Crippen molar-refractivity contribution >= 4 is 34.4 Å². The number of hydrogen-bond donors (Lipinski definition) is 1. The molecule has 1 amide bonds. The van der Waals surface area contributed by atoms with Crippen LogP contribution in [0.5, 0.6) is 0 Å². The topological polar surface area (TPSA) is 112 Å². The van der Waals surface area contributed by atoms with Gasteiger partial charge >= 0.3 is 11.9 Å². The van der Waals surface area contributed by atoms with Gasteiger partial charge in [-0.05, 0) is 24.3 Å². The summed E-state index contributed by atoms with van der Waals surface area (Å²) >= 11 is 0.825. The van der Waals surface area contributed by atoms with Crippen LogP contribution in [-0.4, -0.2) is 30.8 Å². The molecule has 0 atom stereocenters. The molecule has 0 bridgehead atoms. The molecule has 1 aromatic carbocycles. The third-order valence-electron chi connectivity index (χ3n) is 4.85. The molecular formula is C21H16F3N5O4S. The molecule has 4 rings (SSSR count). The average molecular weight is 491 g/mol. The largest absolute Gasteiger partial charge is 0.461 e. The number of halogens is 3. The minimum Gasteiger partial charge on any atom is -0.461 e. The van der Waals surface area contributed by atoms with Gasteiger partial charge in [0.05, 0.1) is 23.3 Å². The summed E-state index contributed by atoms with van der Waals surface area (Å²) in [5, 5.41) is 2.31. The van der Waals surface area contributed by atoms with Crippen molar-refractivity contribution in [1.29, 1.82) is 0 Å². The number of carbonyl (C=O) groups excluding carboxylic acids is 1. The maximum Gasteiger partial charge on any atom is 0.418 e. The van der Waals surface area contributed by atoms with E-state index in [0.29, 0.717) is 0 Å². The second kappa shape index (κ2) is 8.82. The fraction of sp³-hybridized carbons (Fsp3) is 0.190. The van der Waals surface area contributed by atoms with Gasteiger partial charge in [-0.3, -0.25) is 18.7 Å². The number of nitrogens with one attached hydrogen (secondary N) is 1. The van der Waals surface area contributed by atoms with E-state index in [1.807, 2.05) is 0 Å². The molecule has 9 nitrogen and oxygen atoms in total. The van der Waals surface area contributed by atoms with Gasteiger partial charge in [0.1, 0.15) is 10.4 Å². The van der Waals surface area contributed by atoms with Crippen LogP contribution >= 0.6 is 11.8 Å². The maximum atomic E-state index is 13.2. The van der Waals surface area contributed by atoms with Crippen molar-refractivity contribution < 1.29 is 22.4 Å². The van der Waals surface area contributed by atoms with Gasteiger partial charge in [0.25, 0.3) is 5.56 Å². The summed E-state index contributed by atoms with van der Waals surface area (Å²) in [4.78, 5) is 46.3. The molecular weight excluding hydrogens is 475 g/mol. The molecule has 3 heterocycles. The van der Waals surface area contributed by atoms with Crippen LogP contribution in [-0.2, 0) is 25.1 Å². The second-order valence-electron chi connectivity index (χ2n) is 7.11. The molecule has 34 heavy (non-hydrogen) atoms. The van der Waals surface area contributed by atoms with Crippen LogP contribution in [0.25, 0.3) is 22.6 Å². The number of anilines is 1. The Morgan fingerprint density at radius 3 is 2.50 bits per heavy atom. The van der Waals surface area contributed by atoms with Gasteiger partial charge < -0.3 is 9.73 Å². The van der Waals surface area contributed by atoms with Gasteiger partial charge in [0, 0.05) is 14.1 Å². The number of alkyl halides is 3. The number of hydrogen-bond acceptors (Lipinski definition) is 7. The first kappa shape index (κ1) is 23.3.